The first-order chi connectivity index (χ1) is 60.4. The van der Waals surface area contributed by atoms with Crippen molar-refractivity contribution in [1.29, 1.82) is 0 Å². The fourth-order valence-corrected chi connectivity index (χ4v) is 46.9. The molecular weight excluding hydrogens is 1740 g/mol. The third-order valence-corrected chi connectivity index (χ3v) is 58.7. The highest BCUT2D eigenvalue weighted by molar-refractivity contribution is 7.77. The van der Waals surface area contributed by atoms with E-state index in [0.29, 0.717) is 0 Å². The molecule has 0 aromatic heterocycles. The molecule has 0 bridgehead atoms. The Kier molecular flexibility index (Phi) is 145. The van der Waals surface area contributed by atoms with Gasteiger partial charge in [-0.25, -0.2) is 0 Å². The monoisotopic (exact) mass is 1990 g/mol. The average Bonchev–Trinajstić information content (AvgIpc) is 0.964. The minimum atomic E-state index is -3.17. The van der Waals surface area contributed by atoms with E-state index in [1.165, 1.54) is 308 Å². The third-order valence-electron chi connectivity index (χ3n) is 25.2. The summed E-state index contributed by atoms with van der Waals surface area (Å²) < 4.78 is 39.6. The predicted octanol–water partition coefficient (Wildman–Crippen LogP) is 30.9. The van der Waals surface area contributed by atoms with Crippen molar-refractivity contribution in [3.63, 3.8) is 0 Å². The molecule has 0 radical (unpaired) electrons. The van der Waals surface area contributed by atoms with Crippen LogP contribution in [-0.4, -0.2) is 231 Å². The first-order valence-electron chi connectivity index (χ1n) is 54.9. The first kappa shape index (κ1) is 156. The van der Waals surface area contributed by atoms with Crippen molar-refractivity contribution in [2.24, 2.45) is 0 Å². The van der Waals surface area contributed by atoms with Gasteiger partial charge in [0.25, 0.3) is 0 Å². The van der Waals surface area contributed by atoms with E-state index in [1.54, 1.807) is 148 Å². The summed E-state index contributed by atoms with van der Waals surface area (Å²) in [5.41, 5.74) is 0. The summed E-state index contributed by atoms with van der Waals surface area (Å²) in [6.45, 7) is 76.7. The molecule has 128 heavy (non-hydrogen) atoms. The standard InChI is InChI=1S/8C13H30P.4BFO2/c8*1-5-8-11-14(4,12-9-6-2)13-10-7-3;4*2-1(3)4/h8*5-13H2,1-4H3;;;;/q8*+1;4*-2. The van der Waals surface area contributed by atoms with Gasteiger partial charge in [-0.3, -0.25) is 0 Å². The molecule has 0 aliphatic rings. The highest BCUT2D eigenvalue weighted by Crippen LogP contribution is 2.62. The van der Waals surface area contributed by atoms with Crippen LogP contribution in [0.4, 0.5) is 17.3 Å². The lowest BCUT2D eigenvalue weighted by atomic mass is 10.3. The quantitative estimate of drug-likeness (QED) is 0.0327. The zero-order valence-electron chi connectivity index (χ0n) is 93.6. The van der Waals surface area contributed by atoms with Crippen molar-refractivity contribution < 1.29 is 57.5 Å². The maximum atomic E-state index is 9.89. The van der Waals surface area contributed by atoms with Crippen molar-refractivity contribution >= 4 is 87.7 Å². The molecule has 0 atom stereocenters. The summed E-state index contributed by atoms with van der Waals surface area (Å²) in [7, 11) is -16.8. The molecule has 24 heteroatoms. The van der Waals surface area contributed by atoms with E-state index < -0.39 is 87.7 Å². The van der Waals surface area contributed by atoms with Crippen LogP contribution in [0.2, 0.25) is 0 Å². The minimum Gasteiger partial charge on any atom is -0.867 e. The summed E-state index contributed by atoms with van der Waals surface area (Å²) in [6, 6.07) is 0. The maximum Gasteiger partial charge on any atom is 0.121 e. The average molecular weight is 1990 g/mol. The number of hydrogen-bond acceptors (Lipinski definition) is 8. The molecule has 0 aromatic carbocycles. The number of rotatable bonds is 72. The van der Waals surface area contributed by atoms with Gasteiger partial charge in [0.1, 0.15) is 29.6 Å². The second kappa shape index (κ2) is 119. The summed E-state index contributed by atoms with van der Waals surface area (Å²) in [6.07, 6.45) is 106. The maximum absolute atomic E-state index is 9.89. The Morgan fingerprint density at radius 2 is 0.148 bits per heavy atom. The Hall–Kier alpha value is 3.10. The van der Waals surface area contributed by atoms with Crippen molar-refractivity contribution in [2.75, 3.05) is 201 Å². The molecule has 0 amide bonds. The Morgan fingerprint density at radius 1 is 0.117 bits per heavy atom. The summed E-state index contributed by atoms with van der Waals surface area (Å²) >= 11 is 0. The molecule has 0 heterocycles. The van der Waals surface area contributed by atoms with Crippen molar-refractivity contribution in [1.82, 2.24) is 0 Å². The first-order valence-corrected chi connectivity index (χ1v) is 77.2. The number of halogens is 4. The van der Waals surface area contributed by atoms with Gasteiger partial charge in [0.05, 0.1) is 148 Å². The molecule has 0 unspecified atom stereocenters. The van der Waals surface area contributed by atoms with Crippen LogP contribution < -0.4 is 40.2 Å². The van der Waals surface area contributed by atoms with E-state index in [-0.39, 0.29) is 0 Å². The van der Waals surface area contributed by atoms with Crippen LogP contribution in [0.3, 0.4) is 0 Å². The smallest absolute Gasteiger partial charge is 0.121 e. The van der Waals surface area contributed by atoms with Crippen molar-refractivity contribution in [2.45, 2.75) is 474 Å². The second-order valence-electron chi connectivity index (χ2n) is 39.9. The van der Waals surface area contributed by atoms with Crippen molar-refractivity contribution in [3.8, 4) is 0 Å². The van der Waals surface area contributed by atoms with E-state index in [0.717, 1.165) is 0 Å². The molecule has 0 fully saturated rings. The van der Waals surface area contributed by atoms with Crippen LogP contribution in [0.25, 0.3) is 0 Å². The Labute approximate surface area is 815 Å². The lowest BCUT2D eigenvalue weighted by molar-refractivity contribution is -0.368. The molecule has 0 spiro atoms. The van der Waals surface area contributed by atoms with Gasteiger partial charge in [-0.2, -0.15) is 0 Å². The fourth-order valence-electron chi connectivity index (χ4n) is 15.6. The van der Waals surface area contributed by atoms with Crippen LogP contribution in [0.15, 0.2) is 0 Å². The van der Waals surface area contributed by atoms with Crippen LogP contribution in [0, 0.1) is 0 Å². The molecule has 0 rings (SSSR count). The van der Waals surface area contributed by atoms with E-state index in [9.17, 15) is 17.3 Å². The van der Waals surface area contributed by atoms with Crippen molar-refractivity contribution in [3.05, 3.63) is 0 Å². The molecule has 0 aliphatic carbocycles. The second-order valence-corrected chi connectivity index (χ2v) is 76.6. The van der Waals surface area contributed by atoms with Gasteiger partial charge in [-0.05, 0) is 154 Å². The largest absolute Gasteiger partial charge is 0.867 e. The molecule has 0 N–H and O–H groups in total. The molecular formula is C104H240B4F4O8P8. The fraction of sp³-hybridized carbons (Fsp3) is 1.00. The van der Waals surface area contributed by atoms with Crippen LogP contribution in [0.1, 0.15) is 474 Å². The summed E-state index contributed by atoms with van der Waals surface area (Å²) in [4.78, 5) is 0. The molecule has 784 valence electrons. The Balaban J connectivity index is -0.000000117. The number of unbranched alkanes of at least 4 members (excludes halogenated alkanes) is 24. The highest BCUT2D eigenvalue weighted by Gasteiger charge is 2.35. The zero-order valence-corrected chi connectivity index (χ0v) is 101. The van der Waals surface area contributed by atoms with Gasteiger partial charge in [0, 0.05) is 111 Å². The topological polar surface area (TPSA) is 184 Å². The van der Waals surface area contributed by atoms with Gasteiger partial charge in [0.15, 0.2) is 0 Å². The summed E-state index contributed by atoms with van der Waals surface area (Å²) in [5.74, 6) is 0. The lowest BCUT2D eigenvalue weighted by Gasteiger charge is -2.22. The molecule has 0 aliphatic heterocycles. The van der Waals surface area contributed by atoms with E-state index in [4.69, 9.17) is 40.2 Å². The lowest BCUT2D eigenvalue weighted by Crippen LogP contribution is -2.39. The minimum absolute atomic E-state index is 0.519. The van der Waals surface area contributed by atoms with E-state index in [1.807, 2.05) is 0 Å². The Morgan fingerprint density at radius 3 is 0.172 bits per heavy atom. The Bertz CT molecular complexity index is 1400. The zero-order chi connectivity index (χ0) is 101. The van der Waals surface area contributed by atoms with Gasteiger partial charge >= 0.3 is 0 Å². The normalized spacial score (nSPS) is 11.3. The van der Waals surface area contributed by atoms with E-state index in [2.05, 4.69) is 219 Å². The molecule has 8 nitrogen and oxygen atoms in total. The van der Waals surface area contributed by atoms with Gasteiger partial charge in [-0.1, -0.05) is 320 Å². The van der Waals surface area contributed by atoms with E-state index >= 15 is 0 Å². The summed E-state index contributed by atoms with van der Waals surface area (Å²) in [5, 5.41) is 66.4. The van der Waals surface area contributed by atoms with Crippen LogP contribution in [-0.2, 0) is 0 Å². The third kappa shape index (κ3) is 140. The van der Waals surface area contributed by atoms with Gasteiger partial charge in [-0.15, -0.1) is 0 Å². The van der Waals surface area contributed by atoms with Crippen LogP contribution in [0.5, 0.6) is 0 Å². The number of hydrogen-bond donors (Lipinski definition) is 0. The molecule has 0 aromatic rings. The predicted molar refractivity (Wildman–Crippen MR) is 605 cm³/mol. The van der Waals surface area contributed by atoms with Gasteiger partial charge < -0.3 is 57.5 Å². The molecule has 0 saturated heterocycles. The highest BCUT2D eigenvalue weighted by atomic mass is 31.2. The molecule has 0 saturated carbocycles. The van der Waals surface area contributed by atoms with Gasteiger partial charge in [0.2, 0.25) is 0 Å². The van der Waals surface area contributed by atoms with Crippen LogP contribution >= 0.6 is 58.1 Å². The SMILES string of the molecule is CCCC[P+](C)(CCCC)CCCC.CCCC[P+](C)(CCCC)CCCC.CCCC[P+](C)(CCCC)CCCC.CCCC[P+](C)(CCCC)CCCC.CCCC[P+](C)(CCCC)CCCC.CCCC[P+](C)(CCCC)CCCC.CCCC[P+](C)(CCCC)CCCC.CCCC[P+](C)(CCCC)CCCC.[O-]B([O-])F.[O-]B([O-])F.[O-]B([O-])F.[O-]B([O-])F.